The molecule has 4 rings (SSSR count). The fourth-order valence-electron chi connectivity index (χ4n) is 3.42. The minimum atomic E-state index is -0.345. The number of benzene rings is 3. The third kappa shape index (κ3) is 4.67. The van der Waals surface area contributed by atoms with E-state index < -0.39 is 0 Å². The molecule has 1 aliphatic rings. The van der Waals surface area contributed by atoms with Crippen molar-refractivity contribution in [3.8, 4) is 0 Å². The Bertz CT molecular complexity index is 1070. The first kappa shape index (κ1) is 20.8. The number of hydrogen-bond donors (Lipinski definition) is 2. The van der Waals surface area contributed by atoms with Gasteiger partial charge in [0.2, 0.25) is 5.91 Å². The molecule has 2 amide bonds. The summed E-state index contributed by atoms with van der Waals surface area (Å²) in [4.78, 5) is 31.3. The maximum Gasteiger partial charge on any atom is 0.269 e. The lowest BCUT2D eigenvalue weighted by Crippen LogP contribution is -2.42. The topological polar surface area (TPSA) is 64.7 Å². The summed E-state index contributed by atoms with van der Waals surface area (Å²) in [5, 5.41) is 0. The predicted octanol–water partition coefficient (Wildman–Crippen LogP) is 4.21. The third-order valence-electron chi connectivity index (χ3n) is 5.03. The van der Waals surface area contributed by atoms with Gasteiger partial charge >= 0.3 is 0 Å². The molecule has 0 fully saturated rings. The van der Waals surface area contributed by atoms with Crippen LogP contribution in [-0.2, 0) is 4.79 Å². The van der Waals surface area contributed by atoms with Gasteiger partial charge in [0.1, 0.15) is 0 Å². The van der Waals surface area contributed by atoms with Crippen molar-refractivity contribution < 1.29 is 9.59 Å². The van der Waals surface area contributed by atoms with Gasteiger partial charge in [0.25, 0.3) is 5.91 Å². The molecular formula is C24H24N4O2S. The molecule has 0 bridgehead atoms. The highest BCUT2D eigenvalue weighted by atomic mass is 32.2. The van der Waals surface area contributed by atoms with Gasteiger partial charge < -0.3 is 9.80 Å². The number of amides is 2. The van der Waals surface area contributed by atoms with Gasteiger partial charge in [-0.15, -0.1) is 0 Å². The van der Waals surface area contributed by atoms with Crippen LogP contribution in [0.4, 0.5) is 17.1 Å². The van der Waals surface area contributed by atoms with E-state index in [1.807, 2.05) is 55.4 Å². The Morgan fingerprint density at radius 2 is 1.52 bits per heavy atom. The van der Waals surface area contributed by atoms with Crippen LogP contribution in [0.3, 0.4) is 0 Å². The molecule has 2 N–H and O–H groups in total. The second kappa shape index (κ2) is 9.14. The lowest BCUT2D eigenvalue weighted by atomic mass is 10.2. The molecule has 7 heteroatoms. The molecule has 1 aliphatic heterocycles. The summed E-state index contributed by atoms with van der Waals surface area (Å²) >= 11 is 1.73. The van der Waals surface area contributed by atoms with Crippen molar-refractivity contribution in [1.82, 2.24) is 10.9 Å². The Balaban J connectivity index is 1.38. The monoisotopic (exact) mass is 432 g/mol. The van der Waals surface area contributed by atoms with Gasteiger partial charge in [0.05, 0.1) is 11.4 Å². The molecule has 0 atom stereocenters. The maximum atomic E-state index is 12.5. The van der Waals surface area contributed by atoms with Crippen LogP contribution in [0.1, 0.15) is 16.8 Å². The Kier molecular flexibility index (Phi) is 6.13. The molecule has 0 aromatic heterocycles. The number of nitrogens with one attached hydrogen (secondary N) is 2. The molecule has 0 unspecified atom stereocenters. The molecule has 31 heavy (non-hydrogen) atoms. The van der Waals surface area contributed by atoms with E-state index in [0.29, 0.717) is 12.1 Å². The lowest BCUT2D eigenvalue weighted by molar-refractivity contribution is -0.121. The highest BCUT2D eigenvalue weighted by Gasteiger charge is 2.23. The van der Waals surface area contributed by atoms with Crippen molar-refractivity contribution in [2.24, 2.45) is 0 Å². The summed E-state index contributed by atoms with van der Waals surface area (Å²) < 4.78 is 0. The number of para-hydroxylation sites is 2. The summed E-state index contributed by atoms with van der Waals surface area (Å²) in [5.41, 5.74) is 8.62. The molecule has 0 radical (unpaired) electrons. The van der Waals surface area contributed by atoms with Gasteiger partial charge in [0.15, 0.2) is 0 Å². The standard InChI is InChI=1S/C24H24N4O2S/c1-27(2)18-9-7-8-17(16-18)24(30)26-25-23(29)14-15-28-19-10-3-5-12-21(19)31-22-13-6-4-11-20(22)28/h3-13,16H,14-15H2,1-2H3,(H,25,29)(H,26,30). The molecule has 3 aromatic carbocycles. The molecular weight excluding hydrogens is 408 g/mol. The molecule has 0 aliphatic carbocycles. The van der Waals surface area contributed by atoms with Crippen LogP contribution in [0.5, 0.6) is 0 Å². The first-order valence-corrected chi connectivity index (χ1v) is 10.8. The van der Waals surface area contributed by atoms with Crippen LogP contribution in [0, 0.1) is 0 Å². The average Bonchev–Trinajstić information content (AvgIpc) is 2.80. The minimum Gasteiger partial charge on any atom is -0.378 e. The SMILES string of the molecule is CN(C)c1cccc(C(=O)NNC(=O)CCN2c3ccccc3Sc3ccccc32)c1. The number of hydrogen-bond acceptors (Lipinski definition) is 5. The van der Waals surface area contributed by atoms with Crippen molar-refractivity contribution in [2.75, 3.05) is 30.4 Å². The summed E-state index contributed by atoms with van der Waals surface area (Å²) in [6.07, 6.45) is 0.241. The first-order chi connectivity index (χ1) is 15.0. The van der Waals surface area contributed by atoms with Crippen molar-refractivity contribution in [1.29, 1.82) is 0 Å². The Hall–Kier alpha value is -3.45. The fraction of sp³-hybridized carbons (Fsp3) is 0.167. The smallest absolute Gasteiger partial charge is 0.269 e. The minimum absolute atomic E-state index is 0.241. The number of nitrogens with zero attached hydrogens (tertiary/aromatic N) is 2. The average molecular weight is 433 g/mol. The van der Waals surface area contributed by atoms with Crippen molar-refractivity contribution in [3.05, 3.63) is 78.4 Å². The van der Waals surface area contributed by atoms with Crippen LogP contribution >= 0.6 is 11.8 Å². The molecule has 0 saturated heterocycles. The molecule has 0 saturated carbocycles. The Labute approximate surface area is 186 Å². The van der Waals surface area contributed by atoms with Crippen molar-refractivity contribution in [3.63, 3.8) is 0 Å². The van der Waals surface area contributed by atoms with E-state index in [9.17, 15) is 9.59 Å². The van der Waals surface area contributed by atoms with Crippen LogP contribution in [0.25, 0.3) is 0 Å². The fourth-order valence-corrected chi connectivity index (χ4v) is 4.52. The molecule has 1 heterocycles. The van der Waals surface area contributed by atoms with Gasteiger partial charge in [-0.1, -0.05) is 42.1 Å². The normalized spacial score (nSPS) is 11.9. The number of anilines is 3. The van der Waals surface area contributed by atoms with Gasteiger partial charge in [0, 0.05) is 48.1 Å². The third-order valence-corrected chi connectivity index (χ3v) is 6.16. The largest absolute Gasteiger partial charge is 0.378 e. The quantitative estimate of drug-likeness (QED) is 0.592. The van der Waals surface area contributed by atoms with Crippen molar-refractivity contribution >= 4 is 40.6 Å². The zero-order valence-corrected chi connectivity index (χ0v) is 18.3. The summed E-state index contributed by atoms with van der Waals surface area (Å²) in [5.74, 6) is -0.590. The van der Waals surface area contributed by atoms with E-state index in [4.69, 9.17) is 0 Å². The van der Waals surface area contributed by atoms with E-state index in [1.165, 1.54) is 0 Å². The van der Waals surface area contributed by atoms with Crippen LogP contribution in [-0.4, -0.2) is 32.5 Å². The van der Waals surface area contributed by atoms with Gasteiger partial charge in [-0.25, -0.2) is 0 Å². The number of carbonyl (C=O) groups excluding carboxylic acids is 2. The molecule has 3 aromatic rings. The number of rotatable bonds is 5. The number of hydrazine groups is 1. The van der Waals surface area contributed by atoms with E-state index in [1.54, 1.807) is 23.9 Å². The van der Waals surface area contributed by atoms with E-state index in [0.717, 1.165) is 26.9 Å². The predicted molar refractivity (Wildman–Crippen MR) is 125 cm³/mol. The molecule has 158 valence electrons. The highest BCUT2D eigenvalue weighted by molar-refractivity contribution is 7.99. The highest BCUT2D eigenvalue weighted by Crippen LogP contribution is 2.47. The van der Waals surface area contributed by atoms with E-state index >= 15 is 0 Å². The maximum absolute atomic E-state index is 12.5. The van der Waals surface area contributed by atoms with E-state index in [-0.39, 0.29) is 18.2 Å². The number of carbonyl (C=O) groups is 2. The van der Waals surface area contributed by atoms with Gasteiger partial charge in [-0.05, 0) is 42.5 Å². The lowest BCUT2D eigenvalue weighted by Gasteiger charge is -2.32. The zero-order chi connectivity index (χ0) is 21.8. The molecule has 0 spiro atoms. The van der Waals surface area contributed by atoms with Crippen LogP contribution in [0.2, 0.25) is 0 Å². The molecule has 6 nitrogen and oxygen atoms in total. The van der Waals surface area contributed by atoms with Crippen LogP contribution < -0.4 is 20.7 Å². The van der Waals surface area contributed by atoms with Gasteiger partial charge in [-0.2, -0.15) is 0 Å². The second-order valence-corrected chi connectivity index (χ2v) is 8.47. The summed E-state index contributed by atoms with van der Waals surface area (Å²) in [6, 6.07) is 23.6. The van der Waals surface area contributed by atoms with Gasteiger partial charge in [-0.3, -0.25) is 20.4 Å². The second-order valence-electron chi connectivity index (χ2n) is 7.39. The zero-order valence-electron chi connectivity index (χ0n) is 17.5. The summed E-state index contributed by atoms with van der Waals surface area (Å²) in [6.45, 7) is 0.506. The van der Waals surface area contributed by atoms with Crippen LogP contribution in [0.15, 0.2) is 82.6 Å². The van der Waals surface area contributed by atoms with E-state index in [2.05, 4.69) is 40.0 Å². The first-order valence-electron chi connectivity index (χ1n) is 10.0. The summed E-state index contributed by atoms with van der Waals surface area (Å²) in [7, 11) is 3.82. The van der Waals surface area contributed by atoms with Crippen molar-refractivity contribution in [2.45, 2.75) is 16.2 Å². The number of fused-ring (bicyclic) bond motifs is 2. The Morgan fingerprint density at radius 3 is 2.16 bits per heavy atom. The Morgan fingerprint density at radius 1 is 0.871 bits per heavy atom.